The molecule has 3 amide bonds. The summed E-state index contributed by atoms with van der Waals surface area (Å²) in [6.45, 7) is 0.575. The van der Waals surface area contributed by atoms with Gasteiger partial charge in [-0.3, -0.25) is 4.79 Å². The van der Waals surface area contributed by atoms with Gasteiger partial charge >= 0.3 is 6.03 Å². The third kappa shape index (κ3) is 3.82. The van der Waals surface area contributed by atoms with Crippen LogP contribution in [0, 0.1) is 0 Å². The third-order valence-electron chi connectivity index (χ3n) is 1.75. The Morgan fingerprint density at radius 2 is 2.00 bits per heavy atom. The molecule has 0 aromatic carbocycles. The minimum Gasteiger partial charge on any atom is -0.384 e. The van der Waals surface area contributed by atoms with Crippen molar-refractivity contribution < 1.29 is 9.59 Å². The van der Waals surface area contributed by atoms with Crippen molar-refractivity contribution in [1.82, 2.24) is 15.6 Å². The monoisotopic (exact) mass is 223 g/mol. The van der Waals surface area contributed by atoms with E-state index < -0.39 is 6.03 Å². The van der Waals surface area contributed by atoms with E-state index in [0.29, 0.717) is 12.1 Å². The molecule has 0 saturated heterocycles. The van der Waals surface area contributed by atoms with Crippen molar-refractivity contribution >= 4 is 17.8 Å². The molecule has 7 nitrogen and oxygen atoms in total. The molecule has 0 aliphatic heterocycles. The number of nitrogen functional groups attached to an aromatic ring is 1. The lowest BCUT2D eigenvalue weighted by atomic mass is 10.2. The Morgan fingerprint density at radius 3 is 2.62 bits per heavy atom. The summed E-state index contributed by atoms with van der Waals surface area (Å²) >= 11 is 0. The highest BCUT2D eigenvalue weighted by Crippen LogP contribution is 2.01. The van der Waals surface area contributed by atoms with Gasteiger partial charge in [0.2, 0.25) is 0 Å². The summed E-state index contributed by atoms with van der Waals surface area (Å²) < 4.78 is 0. The molecule has 0 aliphatic rings. The average molecular weight is 223 g/mol. The molecule has 7 heteroatoms. The molecule has 6 N–H and O–H groups in total. The standard InChI is InChI=1S/C9H13N5O2/c10-7-5-6(1-2-12-7)8(15)13-3-4-14-9(11)16/h1-2,5H,3-4H2,(H2,10,12)(H,13,15)(H3,11,14,16). The van der Waals surface area contributed by atoms with Crippen molar-refractivity contribution in [3.63, 3.8) is 0 Å². The van der Waals surface area contributed by atoms with Gasteiger partial charge in [0.05, 0.1) is 0 Å². The molecule has 0 aliphatic carbocycles. The Labute approximate surface area is 92.2 Å². The highest BCUT2D eigenvalue weighted by molar-refractivity contribution is 5.94. The lowest BCUT2D eigenvalue weighted by molar-refractivity contribution is 0.0954. The second kappa shape index (κ2) is 5.54. The molecule has 0 spiro atoms. The second-order valence-electron chi connectivity index (χ2n) is 3.02. The smallest absolute Gasteiger partial charge is 0.312 e. The van der Waals surface area contributed by atoms with Crippen LogP contribution in [0.25, 0.3) is 0 Å². The number of urea groups is 1. The molecule has 16 heavy (non-hydrogen) atoms. The van der Waals surface area contributed by atoms with Crippen LogP contribution in [0.2, 0.25) is 0 Å². The number of rotatable bonds is 4. The van der Waals surface area contributed by atoms with Crippen LogP contribution in [-0.4, -0.2) is 30.0 Å². The summed E-state index contributed by atoms with van der Waals surface area (Å²) in [7, 11) is 0. The molecule has 0 fully saturated rings. The van der Waals surface area contributed by atoms with E-state index in [-0.39, 0.29) is 18.3 Å². The van der Waals surface area contributed by atoms with E-state index in [1.807, 2.05) is 0 Å². The fourth-order valence-electron chi connectivity index (χ4n) is 1.05. The van der Waals surface area contributed by atoms with Gasteiger partial charge in [0.25, 0.3) is 5.91 Å². The molecule has 0 atom stereocenters. The highest BCUT2D eigenvalue weighted by Gasteiger charge is 2.04. The average Bonchev–Trinajstić information content (AvgIpc) is 2.24. The van der Waals surface area contributed by atoms with Crippen LogP contribution in [0.3, 0.4) is 0 Å². The van der Waals surface area contributed by atoms with E-state index >= 15 is 0 Å². The van der Waals surface area contributed by atoms with E-state index in [0.717, 1.165) is 0 Å². The number of pyridine rings is 1. The predicted molar refractivity (Wildman–Crippen MR) is 58.6 cm³/mol. The van der Waals surface area contributed by atoms with Crippen molar-refractivity contribution in [3.8, 4) is 0 Å². The summed E-state index contributed by atoms with van der Waals surface area (Å²) in [6, 6.07) is 2.40. The van der Waals surface area contributed by atoms with Gasteiger partial charge in [-0.15, -0.1) is 0 Å². The molecule has 1 aromatic heterocycles. The number of primary amides is 1. The molecular weight excluding hydrogens is 210 g/mol. The number of amides is 3. The van der Waals surface area contributed by atoms with Crippen LogP contribution in [0.15, 0.2) is 18.3 Å². The zero-order chi connectivity index (χ0) is 12.0. The summed E-state index contributed by atoms with van der Waals surface area (Å²) in [4.78, 5) is 25.6. The Balaban J connectivity index is 2.38. The normalized spacial score (nSPS) is 9.50. The lowest BCUT2D eigenvalue weighted by Crippen LogP contribution is -2.37. The molecule has 0 unspecified atom stereocenters. The van der Waals surface area contributed by atoms with E-state index in [9.17, 15) is 9.59 Å². The largest absolute Gasteiger partial charge is 0.384 e. The minimum atomic E-state index is -0.623. The number of anilines is 1. The van der Waals surface area contributed by atoms with Gasteiger partial charge in [-0.25, -0.2) is 9.78 Å². The molecule has 1 rings (SSSR count). The van der Waals surface area contributed by atoms with E-state index in [2.05, 4.69) is 15.6 Å². The highest BCUT2D eigenvalue weighted by atomic mass is 16.2. The topological polar surface area (TPSA) is 123 Å². The first-order valence-corrected chi connectivity index (χ1v) is 4.62. The molecule has 86 valence electrons. The third-order valence-corrected chi connectivity index (χ3v) is 1.75. The van der Waals surface area contributed by atoms with E-state index in [4.69, 9.17) is 11.5 Å². The summed E-state index contributed by atoms with van der Waals surface area (Å²) in [6.07, 6.45) is 1.45. The van der Waals surface area contributed by atoms with Crippen LogP contribution in [-0.2, 0) is 0 Å². The van der Waals surface area contributed by atoms with Crippen LogP contribution in [0.5, 0.6) is 0 Å². The van der Waals surface area contributed by atoms with Gasteiger partial charge in [0.1, 0.15) is 5.82 Å². The molecule has 1 aromatic rings. The van der Waals surface area contributed by atoms with Crippen molar-refractivity contribution in [3.05, 3.63) is 23.9 Å². The van der Waals surface area contributed by atoms with Gasteiger partial charge < -0.3 is 22.1 Å². The van der Waals surface area contributed by atoms with Crippen LogP contribution in [0.4, 0.5) is 10.6 Å². The lowest BCUT2D eigenvalue weighted by Gasteiger charge is -2.05. The molecule has 0 saturated carbocycles. The zero-order valence-corrected chi connectivity index (χ0v) is 8.56. The number of carbonyl (C=O) groups excluding carboxylic acids is 2. The number of aromatic nitrogens is 1. The number of nitrogens with two attached hydrogens (primary N) is 2. The van der Waals surface area contributed by atoms with Crippen molar-refractivity contribution in [2.45, 2.75) is 0 Å². The van der Waals surface area contributed by atoms with Crippen molar-refractivity contribution in [2.24, 2.45) is 5.73 Å². The van der Waals surface area contributed by atoms with Gasteiger partial charge in [-0.05, 0) is 12.1 Å². The Morgan fingerprint density at radius 1 is 1.31 bits per heavy atom. The first kappa shape index (κ1) is 11.8. The summed E-state index contributed by atoms with van der Waals surface area (Å²) in [5.41, 5.74) is 10.7. The number of nitrogens with one attached hydrogen (secondary N) is 2. The SMILES string of the molecule is NC(=O)NCCNC(=O)c1ccnc(N)c1. The number of hydrogen-bond acceptors (Lipinski definition) is 4. The van der Waals surface area contributed by atoms with E-state index in [1.54, 1.807) is 6.07 Å². The minimum absolute atomic E-state index is 0.277. The van der Waals surface area contributed by atoms with Crippen molar-refractivity contribution in [1.29, 1.82) is 0 Å². The van der Waals surface area contributed by atoms with E-state index in [1.165, 1.54) is 12.3 Å². The van der Waals surface area contributed by atoms with Crippen LogP contribution in [0.1, 0.15) is 10.4 Å². The second-order valence-corrected chi connectivity index (χ2v) is 3.02. The van der Waals surface area contributed by atoms with Gasteiger partial charge in [0.15, 0.2) is 0 Å². The molecule has 0 radical (unpaired) electrons. The number of hydrogen-bond donors (Lipinski definition) is 4. The first-order valence-electron chi connectivity index (χ1n) is 4.62. The van der Waals surface area contributed by atoms with Crippen molar-refractivity contribution in [2.75, 3.05) is 18.8 Å². The number of nitrogens with zero attached hydrogens (tertiary/aromatic N) is 1. The maximum absolute atomic E-state index is 11.5. The Kier molecular flexibility index (Phi) is 4.07. The Hall–Kier alpha value is -2.31. The maximum atomic E-state index is 11.5. The van der Waals surface area contributed by atoms with Crippen LogP contribution >= 0.6 is 0 Å². The maximum Gasteiger partial charge on any atom is 0.312 e. The predicted octanol–water partition coefficient (Wildman–Crippen LogP) is -0.938. The van der Waals surface area contributed by atoms with Gasteiger partial charge in [0, 0.05) is 24.8 Å². The molecule has 0 bridgehead atoms. The summed E-state index contributed by atoms with van der Waals surface area (Å²) in [5, 5.41) is 4.94. The first-order chi connectivity index (χ1) is 7.59. The quantitative estimate of drug-likeness (QED) is 0.492. The summed E-state index contributed by atoms with van der Waals surface area (Å²) in [5.74, 6) is 0.00304. The van der Waals surface area contributed by atoms with Gasteiger partial charge in [-0.2, -0.15) is 0 Å². The van der Waals surface area contributed by atoms with Crippen LogP contribution < -0.4 is 22.1 Å². The molecule has 1 heterocycles. The fraction of sp³-hybridized carbons (Fsp3) is 0.222. The Bertz CT molecular complexity index is 393. The molecular formula is C9H13N5O2. The zero-order valence-electron chi connectivity index (χ0n) is 8.56. The fourth-order valence-corrected chi connectivity index (χ4v) is 1.05. The van der Waals surface area contributed by atoms with Gasteiger partial charge in [-0.1, -0.05) is 0 Å². The number of carbonyl (C=O) groups is 2.